The first-order valence-electron chi connectivity index (χ1n) is 6.24. The molecule has 1 N–H and O–H groups in total. The van der Waals surface area contributed by atoms with Crippen LogP contribution in [0.1, 0.15) is 23.6 Å². The minimum atomic E-state index is 0.661. The number of aryl methyl sites for hydroxylation is 1. The van der Waals surface area contributed by atoms with Crippen LogP contribution >= 0.6 is 15.9 Å². The minimum absolute atomic E-state index is 0.661. The van der Waals surface area contributed by atoms with Crippen LogP contribution in [0.2, 0.25) is 0 Å². The van der Waals surface area contributed by atoms with E-state index in [-0.39, 0.29) is 0 Å². The molecular weight excluding hydrogens is 300 g/mol. The Balaban J connectivity index is 2.09. The van der Waals surface area contributed by atoms with Gasteiger partial charge >= 0.3 is 0 Å². The molecule has 0 aromatic heterocycles. The van der Waals surface area contributed by atoms with Gasteiger partial charge in [-0.2, -0.15) is 5.26 Å². The molecule has 0 aliphatic carbocycles. The first kappa shape index (κ1) is 13.6. The second-order valence-electron chi connectivity index (χ2n) is 4.33. The Morgan fingerprint density at radius 1 is 1.11 bits per heavy atom. The highest BCUT2D eigenvalue weighted by Gasteiger charge is 2.02. The number of benzene rings is 2. The van der Waals surface area contributed by atoms with Gasteiger partial charge in [0, 0.05) is 11.0 Å². The molecule has 0 unspecified atom stereocenters. The van der Waals surface area contributed by atoms with E-state index in [2.05, 4.69) is 58.5 Å². The highest BCUT2D eigenvalue weighted by Crippen LogP contribution is 2.21. The molecule has 19 heavy (non-hydrogen) atoms. The molecule has 2 rings (SSSR count). The van der Waals surface area contributed by atoms with Crippen LogP contribution in [0.3, 0.4) is 0 Å². The van der Waals surface area contributed by atoms with E-state index in [9.17, 15) is 0 Å². The fourth-order valence-corrected chi connectivity index (χ4v) is 2.21. The van der Waals surface area contributed by atoms with Crippen LogP contribution in [0.5, 0.6) is 0 Å². The van der Waals surface area contributed by atoms with Crippen molar-refractivity contribution in [1.82, 2.24) is 0 Å². The number of hydrogen-bond donors (Lipinski definition) is 1. The van der Waals surface area contributed by atoms with Gasteiger partial charge in [-0.15, -0.1) is 0 Å². The van der Waals surface area contributed by atoms with Gasteiger partial charge in [0.15, 0.2) is 0 Å². The van der Waals surface area contributed by atoms with E-state index in [0.717, 1.165) is 23.1 Å². The summed E-state index contributed by atoms with van der Waals surface area (Å²) in [6.45, 7) is 2.86. The number of anilines is 1. The Morgan fingerprint density at radius 3 is 2.42 bits per heavy atom. The summed E-state index contributed by atoms with van der Waals surface area (Å²) in [6, 6.07) is 16.3. The number of nitrogens with zero attached hydrogens (tertiary/aromatic N) is 1. The van der Waals surface area contributed by atoms with E-state index in [0.29, 0.717) is 5.56 Å². The molecule has 0 aliphatic rings. The van der Waals surface area contributed by atoms with Crippen molar-refractivity contribution in [1.29, 1.82) is 5.26 Å². The van der Waals surface area contributed by atoms with E-state index in [4.69, 9.17) is 5.26 Å². The molecule has 2 aromatic rings. The molecule has 2 nitrogen and oxygen atoms in total. The molecule has 0 amide bonds. The lowest BCUT2D eigenvalue weighted by atomic mass is 10.1. The van der Waals surface area contributed by atoms with Gasteiger partial charge in [-0.3, -0.25) is 0 Å². The monoisotopic (exact) mass is 314 g/mol. The number of rotatable bonds is 4. The lowest BCUT2D eigenvalue weighted by Crippen LogP contribution is -2.01. The van der Waals surface area contributed by atoms with Crippen molar-refractivity contribution in [3.05, 3.63) is 63.6 Å². The normalized spacial score (nSPS) is 9.95. The third-order valence-corrected chi connectivity index (χ3v) is 3.51. The molecule has 0 fully saturated rings. The van der Waals surface area contributed by atoms with Crippen molar-refractivity contribution in [2.75, 3.05) is 5.32 Å². The predicted molar refractivity (Wildman–Crippen MR) is 82.0 cm³/mol. The summed E-state index contributed by atoms with van der Waals surface area (Å²) in [5.74, 6) is 0. The van der Waals surface area contributed by atoms with E-state index in [1.807, 2.05) is 18.2 Å². The SMILES string of the molecule is CCc1ccc(CNc2cc(Br)ccc2C#N)cc1. The Morgan fingerprint density at radius 2 is 1.79 bits per heavy atom. The topological polar surface area (TPSA) is 35.8 Å². The lowest BCUT2D eigenvalue weighted by molar-refractivity contribution is 1.10. The van der Waals surface area contributed by atoms with Crippen molar-refractivity contribution in [2.45, 2.75) is 19.9 Å². The summed E-state index contributed by atoms with van der Waals surface area (Å²) in [4.78, 5) is 0. The summed E-state index contributed by atoms with van der Waals surface area (Å²) in [5.41, 5.74) is 4.06. The highest BCUT2D eigenvalue weighted by atomic mass is 79.9. The fourth-order valence-electron chi connectivity index (χ4n) is 1.85. The molecule has 3 heteroatoms. The van der Waals surface area contributed by atoms with Gasteiger partial charge in [-0.1, -0.05) is 47.1 Å². The third-order valence-electron chi connectivity index (χ3n) is 3.02. The summed E-state index contributed by atoms with van der Waals surface area (Å²) in [5, 5.41) is 12.4. The van der Waals surface area contributed by atoms with Crippen LogP contribution in [0, 0.1) is 11.3 Å². The van der Waals surface area contributed by atoms with Crippen LogP contribution < -0.4 is 5.32 Å². The quantitative estimate of drug-likeness (QED) is 0.902. The van der Waals surface area contributed by atoms with E-state index in [1.54, 1.807) is 0 Å². The molecule has 0 atom stereocenters. The van der Waals surface area contributed by atoms with Gasteiger partial charge < -0.3 is 5.32 Å². The minimum Gasteiger partial charge on any atom is -0.380 e. The maximum atomic E-state index is 9.07. The number of halogens is 1. The van der Waals surface area contributed by atoms with Gasteiger partial charge in [0.2, 0.25) is 0 Å². The average molecular weight is 315 g/mol. The van der Waals surface area contributed by atoms with Crippen molar-refractivity contribution >= 4 is 21.6 Å². The summed E-state index contributed by atoms with van der Waals surface area (Å²) >= 11 is 3.42. The van der Waals surface area contributed by atoms with E-state index < -0.39 is 0 Å². The second kappa shape index (κ2) is 6.40. The number of nitrogens with one attached hydrogen (secondary N) is 1. The zero-order valence-electron chi connectivity index (χ0n) is 10.8. The average Bonchev–Trinajstić information content (AvgIpc) is 2.46. The molecule has 0 spiro atoms. The van der Waals surface area contributed by atoms with E-state index in [1.165, 1.54) is 11.1 Å². The molecular formula is C16H15BrN2. The van der Waals surface area contributed by atoms with Gasteiger partial charge in [-0.05, 0) is 35.7 Å². The third kappa shape index (κ3) is 3.59. The highest BCUT2D eigenvalue weighted by molar-refractivity contribution is 9.10. The largest absolute Gasteiger partial charge is 0.380 e. The van der Waals surface area contributed by atoms with Crippen LogP contribution in [-0.2, 0) is 13.0 Å². The van der Waals surface area contributed by atoms with Crippen molar-refractivity contribution in [3.63, 3.8) is 0 Å². The number of hydrogen-bond acceptors (Lipinski definition) is 2. The van der Waals surface area contributed by atoms with Gasteiger partial charge in [0.1, 0.15) is 6.07 Å². The molecule has 96 valence electrons. The second-order valence-corrected chi connectivity index (χ2v) is 5.24. The molecule has 0 saturated heterocycles. The van der Waals surface area contributed by atoms with Crippen LogP contribution in [0.15, 0.2) is 46.9 Å². The Hall–Kier alpha value is -1.79. The van der Waals surface area contributed by atoms with E-state index >= 15 is 0 Å². The molecule has 2 aromatic carbocycles. The molecule has 0 heterocycles. The lowest BCUT2D eigenvalue weighted by Gasteiger charge is -2.09. The molecule has 0 bridgehead atoms. The summed E-state index contributed by atoms with van der Waals surface area (Å²) in [7, 11) is 0. The maximum Gasteiger partial charge on any atom is 0.101 e. The summed E-state index contributed by atoms with van der Waals surface area (Å²) < 4.78 is 0.968. The predicted octanol–water partition coefficient (Wildman–Crippen LogP) is 4.50. The van der Waals surface area contributed by atoms with Crippen molar-refractivity contribution in [2.24, 2.45) is 0 Å². The zero-order valence-corrected chi connectivity index (χ0v) is 12.4. The molecule has 0 aliphatic heterocycles. The first-order valence-corrected chi connectivity index (χ1v) is 7.03. The molecule has 0 radical (unpaired) electrons. The number of nitriles is 1. The Kier molecular flexibility index (Phi) is 4.59. The van der Waals surface area contributed by atoms with Gasteiger partial charge in [0.25, 0.3) is 0 Å². The van der Waals surface area contributed by atoms with Crippen LogP contribution in [0.25, 0.3) is 0 Å². The smallest absolute Gasteiger partial charge is 0.101 e. The Bertz CT molecular complexity index is 597. The summed E-state index contributed by atoms with van der Waals surface area (Å²) in [6.07, 6.45) is 1.05. The maximum absolute atomic E-state index is 9.07. The Labute approximate surface area is 122 Å². The first-order chi connectivity index (χ1) is 9.22. The van der Waals surface area contributed by atoms with Crippen LogP contribution in [0.4, 0.5) is 5.69 Å². The standard InChI is InChI=1S/C16H15BrN2/c1-2-12-3-5-13(6-4-12)11-19-16-9-15(17)8-7-14(16)10-18/h3-9,19H,2,11H2,1H3. The van der Waals surface area contributed by atoms with Crippen LogP contribution in [-0.4, -0.2) is 0 Å². The molecule has 0 saturated carbocycles. The zero-order chi connectivity index (χ0) is 13.7. The van der Waals surface area contributed by atoms with Gasteiger partial charge in [-0.25, -0.2) is 0 Å². The van der Waals surface area contributed by atoms with Gasteiger partial charge in [0.05, 0.1) is 11.3 Å². The van der Waals surface area contributed by atoms with Crippen molar-refractivity contribution in [3.8, 4) is 6.07 Å². The fraction of sp³-hybridized carbons (Fsp3) is 0.188. The van der Waals surface area contributed by atoms with Crippen molar-refractivity contribution < 1.29 is 0 Å².